The normalized spacial score (nSPS) is 10.7. The van der Waals surface area contributed by atoms with Crippen LogP contribution < -0.4 is 14.8 Å². The van der Waals surface area contributed by atoms with Crippen molar-refractivity contribution in [2.45, 2.75) is 32.4 Å². The minimum absolute atomic E-state index is 0.0508. The molecule has 2 aromatic carbocycles. The number of benzene rings is 2. The first-order valence-corrected chi connectivity index (χ1v) is 9.89. The van der Waals surface area contributed by atoms with Crippen LogP contribution in [0.5, 0.6) is 11.5 Å². The molecule has 0 amide bonds. The maximum absolute atomic E-state index is 10.8. The fourth-order valence-corrected chi connectivity index (χ4v) is 3.14. The van der Waals surface area contributed by atoms with E-state index in [1.54, 1.807) is 19.2 Å². The second-order valence-corrected chi connectivity index (χ2v) is 7.08. The SMILES string of the molecule is COc1ccc(Br)c(CNCCCCCO)c1OCc1ccc([N+](=O)[O-])cc1. The zero-order valence-corrected chi connectivity index (χ0v) is 17.4. The summed E-state index contributed by atoms with van der Waals surface area (Å²) in [5.74, 6) is 1.26. The van der Waals surface area contributed by atoms with Gasteiger partial charge in [0.1, 0.15) is 6.61 Å². The van der Waals surface area contributed by atoms with E-state index in [4.69, 9.17) is 14.6 Å². The molecule has 0 radical (unpaired) electrons. The molecule has 0 aromatic heterocycles. The molecule has 0 unspecified atom stereocenters. The van der Waals surface area contributed by atoms with E-state index in [0.29, 0.717) is 18.0 Å². The second kappa shape index (κ2) is 11.6. The van der Waals surface area contributed by atoms with Crippen LogP contribution in [0, 0.1) is 10.1 Å². The number of hydrogen-bond donors (Lipinski definition) is 2. The Hall–Kier alpha value is -2.16. The number of unbranched alkanes of at least 4 members (excludes halogenated alkanes) is 2. The van der Waals surface area contributed by atoms with Crippen molar-refractivity contribution in [3.8, 4) is 11.5 Å². The number of nitro groups is 1. The molecule has 0 bridgehead atoms. The molecule has 0 saturated heterocycles. The number of ether oxygens (including phenoxy) is 2. The first-order chi connectivity index (χ1) is 13.6. The molecule has 7 nitrogen and oxygen atoms in total. The van der Waals surface area contributed by atoms with E-state index in [1.807, 2.05) is 12.1 Å². The molecule has 0 aliphatic heterocycles. The summed E-state index contributed by atoms with van der Waals surface area (Å²) >= 11 is 3.57. The van der Waals surface area contributed by atoms with Crippen molar-refractivity contribution in [3.05, 3.63) is 62.1 Å². The van der Waals surface area contributed by atoms with Crippen molar-refractivity contribution in [2.75, 3.05) is 20.3 Å². The van der Waals surface area contributed by atoms with Crippen molar-refractivity contribution in [2.24, 2.45) is 0 Å². The summed E-state index contributed by atoms with van der Waals surface area (Å²) in [6.07, 6.45) is 2.78. The molecule has 152 valence electrons. The molecule has 2 aromatic rings. The summed E-state index contributed by atoms with van der Waals surface area (Å²) in [7, 11) is 1.59. The number of rotatable bonds is 12. The van der Waals surface area contributed by atoms with Crippen LogP contribution in [0.1, 0.15) is 30.4 Å². The van der Waals surface area contributed by atoms with Gasteiger partial charge in [-0.3, -0.25) is 10.1 Å². The minimum Gasteiger partial charge on any atom is -0.493 e. The Bertz CT molecular complexity index is 768. The molecule has 28 heavy (non-hydrogen) atoms. The number of halogens is 1. The first-order valence-electron chi connectivity index (χ1n) is 9.10. The van der Waals surface area contributed by atoms with E-state index in [9.17, 15) is 10.1 Å². The van der Waals surface area contributed by atoms with Crippen LogP contribution in [0.25, 0.3) is 0 Å². The lowest BCUT2D eigenvalue weighted by Gasteiger charge is -2.17. The number of non-ortho nitro benzene ring substituents is 1. The van der Waals surface area contributed by atoms with Crippen molar-refractivity contribution >= 4 is 21.6 Å². The highest BCUT2D eigenvalue weighted by Crippen LogP contribution is 2.36. The molecule has 2 rings (SSSR count). The molecule has 0 atom stereocenters. The molecular formula is C20H25BrN2O5. The Morgan fingerprint density at radius 1 is 1.14 bits per heavy atom. The molecule has 0 aliphatic carbocycles. The van der Waals surface area contributed by atoms with E-state index in [1.165, 1.54) is 12.1 Å². The highest BCUT2D eigenvalue weighted by Gasteiger charge is 2.15. The molecule has 8 heteroatoms. The van der Waals surface area contributed by atoms with Crippen LogP contribution in [0.3, 0.4) is 0 Å². The Labute approximate surface area is 172 Å². The number of methoxy groups -OCH3 is 1. The zero-order valence-electron chi connectivity index (χ0n) is 15.8. The van der Waals surface area contributed by atoms with Crippen molar-refractivity contribution < 1.29 is 19.5 Å². The van der Waals surface area contributed by atoms with E-state index < -0.39 is 4.92 Å². The third-order valence-electron chi connectivity index (χ3n) is 4.23. The van der Waals surface area contributed by atoms with Gasteiger partial charge in [0.15, 0.2) is 11.5 Å². The van der Waals surface area contributed by atoms with Crippen LogP contribution >= 0.6 is 15.9 Å². The van der Waals surface area contributed by atoms with Gasteiger partial charge < -0.3 is 19.9 Å². The number of aliphatic hydroxyl groups is 1. The number of hydrogen-bond acceptors (Lipinski definition) is 6. The number of nitro benzene ring substituents is 1. The van der Waals surface area contributed by atoms with Gasteiger partial charge in [0, 0.05) is 35.3 Å². The highest BCUT2D eigenvalue weighted by atomic mass is 79.9. The maximum Gasteiger partial charge on any atom is 0.269 e. The third kappa shape index (κ3) is 6.47. The first kappa shape index (κ1) is 22.1. The van der Waals surface area contributed by atoms with Gasteiger partial charge in [-0.05, 0) is 55.6 Å². The Morgan fingerprint density at radius 2 is 1.89 bits per heavy atom. The molecular weight excluding hydrogens is 428 g/mol. The topological polar surface area (TPSA) is 93.9 Å². The lowest BCUT2D eigenvalue weighted by atomic mass is 10.1. The number of nitrogens with one attached hydrogen (secondary N) is 1. The largest absolute Gasteiger partial charge is 0.493 e. The molecule has 0 heterocycles. The van der Waals surface area contributed by atoms with Crippen LogP contribution in [-0.4, -0.2) is 30.3 Å². The summed E-state index contributed by atoms with van der Waals surface area (Å²) < 4.78 is 12.4. The maximum atomic E-state index is 10.8. The average Bonchev–Trinajstić information content (AvgIpc) is 2.70. The lowest BCUT2D eigenvalue weighted by molar-refractivity contribution is -0.384. The van der Waals surface area contributed by atoms with Gasteiger partial charge in [0.05, 0.1) is 12.0 Å². The summed E-state index contributed by atoms with van der Waals surface area (Å²) in [6, 6.07) is 10.0. The number of aliphatic hydroxyl groups excluding tert-OH is 1. The summed E-state index contributed by atoms with van der Waals surface area (Å²) in [5.41, 5.74) is 1.83. The molecule has 2 N–H and O–H groups in total. The van der Waals surface area contributed by atoms with Crippen molar-refractivity contribution in [3.63, 3.8) is 0 Å². The summed E-state index contributed by atoms with van der Waals surface area (Å²) in [4.78, 5) is 10.3. The minimum atomic E-state index is -0.424. The monoisotopic (exact) mass is 452 g/mol. The third-order valence-corrected chi connectivity index (χ3v) is 4.97. The zero-order chi connectivity index (χ0) is 20.4. The van der Waals surface area contributed by atoms with Crippen LogP contribution in [-0.2, 0) is 13.2 Å². The van der Waals surface area contributed by atoms with Gasteiger partial charge in [-0.2, -0.15) is 0 Å². The smallest absolute Gasteiger partial charge is 0.269 e. The molecule has 0 aliphatic rings. The van der Waals surface area contributed by atoms with Gasteiger partial charge in [0.2, 0.25) is 0 Å². The van der Waals surface area contributed by atoms with E-state index in [-0.39, 0.29) is 18.9 Å². The fourth-order valence-electron chi connectivity index (χ4n) is 2.69. The van der Waals surface area contributed by atoms with E-state index >= 15 is 0 Å². The lowest BCUT2D eigenvalue weighted by Crippen LogP contribution is -2.16. The predicted octanol–water partition coefficient (Wildman–Crippen LogP) is 4.20. The predicted molar refractivity (Wildman–Crippen MR) is 111 cm³/mol. The molecule has 0 spiro atoms. The van der Waals surface area contributed by atoms with Gasteiger partial charge in [-0.15, -0.1) is 0 Å². The molecule has 0 fully saturated rings. The number of nitrogens with zero attached hydrogens (tertiary/aromatic N) is 1. The standard InChI is InChI=1S/C20H25BrN2O5/c1-27-19-10-9-18(21)17(13-22-11-3-2-4-12-24)20(19)28-14-15-5-7-16(8-6-15)23(25)26/h5-10,22,24H,2-4,11-14H2,1H3. The van der Waals surface area contributed by atoms with Crippen LogP contribution in [0.2, 0.25) is 0 Å². The van der Waals surface area contributed by atoms with Crippen LogP contribution in [0.15, 0.2) is 40.9 Å². The van der Waals surface area contributed by atoms with Gasteiger partial charge in [-0.1, -0.05) is 15.9 Å². The fraction of sp³-hybridized carbons (Fsp3) is 0.400. The van der Waals surface area contributed by atoms with Crippen molar-refractivity contribution in [1.29, 1.82) is 0 Å². The Morgan fingerprint density at radius 3 is 2.54 bits per heavy atom. The second-order valence-electron chi connectivity index (χ2n) is 6.23. The Balaban J connectivity index is 2.06. The van der Waals surface area contributed by atoms with Gasteiger partial charge in [-0.25, -0.2) is 0 Å². The van der Waals surface area contributed by atoms with E-state index in [2.05, 4.69) is 21.2 Å². The molecule has 0 saturated carbocycles. The van der Waals surface area contributed by atoms with Gasteiger partial charge in [0.25, 0.3) is 5.69 Å². The quantitative estimate of drug-likeness (QED) is 0.284. The van der Waals surface area contributed by atoms with Crippen molar-refractivity contribution in [1.82, 2.24) is 5.32 Å². The average molecular weight is 453 g/mol. The van der Waals surface area contributed by atoms with Crippen LogP contribution in [0.4, 0.5) is 5.69 Å². The Kier molecular flexibility index (Phi) is 9.19. The van der Waals surface area contributed by atoms with Gasteiger partial charge >= 0.3 is 0 Å². The highest BCUT2D eigenvalue weighted by molar-refractivity contribution is 9.10. The summed E-state index contributed by atoms with van der Waals surface area (Å²) in [6.45, 7) is 1.94. The summed E-state index contributed by atoms with van der Waals surface area (Å²) in [5, 5.41) is 23.0. The van der Waals surface area contributed by atoms with E-state index in [0.717, 1.165) is 41.4 Å².